The summed E-state index contributed by atoms with van der Waals surface area (Å²) in [5.74, 6) is -0.372. The molecule has 1 amide bonds. The van der Waals surface area contributed by atoms with Crippen molar-refractivity contribution in [2.45, 2.75) is 55.6 Å². The number of amides is 1. The molecular formula is C22H29F5N4OS. The molecule has 5 nitrogen and oxygen atoms in total. The predicted molar refractivity (Wildman–Crippen MR) is 121 cm³/mol. The lowest BCUT2D eigenvalue weighted by Crippen LogP contribution is -2.47. The minimum Gasteiger partial charge on any atom is -0.359 e. The first kappa shape index (κ1) is 25.2. The highest BCUT2D eigenvalue weighted by atomic mass is 32.5. The molecule has 0 spiro atoms. The zero-order valence-electron chi connectivity index (χ0n) is 18.5. The zero-order valence-corrected chi connectivity index (χ0v) is 19.3. The number of hydrogen-bond acceptors (Lipinski definition) is 4. The molecule has 184 valence electrons. The normalized spacial score (nSPS) is 18.8. The Labute approximate surface area is 190 Å². The highest BCUT2D eigenvalue weighted by Gasteiger charge is 2.65. The molecule has 0 saturated heterocycles. The van der Waals surface area contributed by atoms with E-state index in [1.54, 1.807) is 12.1 Å². The van der Waals surface area contributed by atoms with Gasteiger partial charge in [0.05, 0.1) is 0 Å². The lowest BCUT2D eigenvalue weighted by Gasteiger charge is -2.40. The molecule has 1 heterocycles. The topological polar surface area (TPSA) is 57.3 Å². The van der Waals surface area contributed by atoms with E-state index < -0.39 is 21.2 Å². The fourth-order valence-corrected chi connectivity index (χ4v) is 4.67. The summed E-state index contributed by atoms with van der Waals surface area (Å²) in [6.45, 7) is 2.45. The Morgan fingerprint density at radius 1 is 1.12 bits per heavy atom. The second kappa shape index (κ2) is 8.75. The van der Waals surface area contributed by atoms with Gasteiger partial charge in [-0.25, -0.2) is 0 Å². The van der Waals surface area contributed by atoms with Gasteiger partial charge in [0, 0.05) is 49.3 Å². The SMILES string of the molecule is CC(CNC1CCCC1)NC(=O)C(c1cccnc1)N(C)c1ccc(S(F)(F)(F)(F)F)cc1. The predicted octanol–water partition coefficient (Wildman–Crippen LogP) is 5.95. The monoisotopic (exact) mass is 492 g/mol. The molecule has 1 aromatic carbocycles. The number of likely N-dealkylation sites (N-methyl/N-ethyl adjacent to an activating group) is 1. The summed E-state index contributed by atoms with van der Waals surface area (Å²) in [4.78, 5) is 16.7. The molecule has 2 atom stereocenters. The van der Waals surface area contributed by atoms with Crippen molar-refractivity contribution in [1.29, 1.82) is 0 Å². The molecule has 33 heavy (non-hydrogen) atoms. The number of carbonyl (C=O) groups is 1. The molecule has 2 unspecified atom stereocenters. The maximum absolute atomic E-state index is 13.2. The van der Waals surface area contributed by atoms with Crippen LogP contribution in [0.2, 0.25) is 0 Å². The van der Waals surface area contributed by atoms with Crippen LogP contribution < -0.4 is 15.5 Å². The summed E-state index contributed by atoms with van der Waals surface area (Å²) < 4.78 is 65.3. The van der Waals surface area contributed by atoms with Crippen molar-refractivity contribution in [2.24, 2.45) is 0 Å². The van der Waals surface area contributed by atoms with Crippen molar-refractivity contribution in [3.8, 4) is 0 Å². The summed E-state index contributed by atoms with van der Waals surface area (Å²) in [6.07, 6.45) is 7.62. The van der Waals surface area contributed by atoms with Crippen LogP contribution in [0.25, 0.3) is 0 Å². The summed E-state index contributed by atoms with van der Waals surface area (Å²) in [5.41, 5.74) is 0.701. The lowest BCUT2D eigenvalue weighted by molar-refractivity contribution is -0.123. The first-order valence-electron chi connectivity index (χ1n) is 10.8. The number of benzene rings is 1. The number of halogens is 5. The molecule has 0 aliphatic heterocycles. The molecule has 1 aliphatic rings. The van der Waals surface area contributed by atoms with E-state index in [4.69, 9.17) is 0 Å². The molecule has 1 saturated carbocycles. The van der Waals surface area contributed by atoms with Crippen molar-refractivity contribution in [3.63, 3.8) is 0 Å². The molecule has 0 radical (unpaired) electrons. The molecule has 1 aliphatic carbocycles. The van der Waals surface area contributed by atoms with Gasteiger partial charge in [0.15, 0.2) is 0 Å². The minimum absolute atomic E-state index is 0.182. The van der Waals surface area contributed by atoms with E-state index in [9.17, 15) is 24.2 Å². The Bertz CT molecular complexity index is 951. The molecule has 2 N–H and O–H groups in total. The van der Waals surface area contributed by atoms with E-state index in [0.717, 1.165) is 25.0 Å². The summed E-state index contributed by atoms with van der Waals surface area (Å²) in [5, 5.41) is 6.37. The van der Waals surface area contributed by atoms with E-state index in [1.165, 1.54) is 37.2 Å². The first-order valence-corrected chi connectivity index (χ1v) is 12.7. The number of nitrogens with one attached hydrogen (secondary N) is 2. The molecule has 0 bridgehead atoms. The number of pyridine rings is 1. The standard InChI is InChI=1S/C22H29F5N4OS/c1-16(14-29-18-7-3-4-8-18)30-22(32)21(17-6-5-13-28-15-17)31(2)19-9-11-20(12-10-19)33(23,24,25,26)27/h5-6,9-13,15-16,18,21,29H,3-4,7-8,14H2,1-2H3,(H,30,32). The average molecular weight is 493 g/mol. The summed E-state index contributed by atoms with van der Waals surface area (Å²) >= 11 is 0. The number of aromatic nitrogens is 1. The van der Waals surface area contributed by atoms with Gasteiger partial charge < -0.3 is 15.5 Å². The van der Waals surface area contributed by atoms with Crippen LogP contribution >= 0.6 is 10.2 Å². The van der Waals surface area contributed by atoms with Gasteiger partial charge in [0.25, 0.3) is 0 Å². The summed E-state index contributed by atoms with van der Waals surface area (Å²) in [6, 6.07) is 5.22. The van der Waals surface area contributed by atoms with Crippen LogP contribution in [0.5, 0.6) is 0 Å². The fourth-order valence-electron chi connectivity index (χ4n) is 4.02. The van der Waals surface area contributed by atoms with E-state index in [2.05, 4.69) is 15.6 Å². The number of carbonyl (C=O) groups excluding carboxylic acids is 1. The molecule has 1 fully saturated rings. The maximum atomic E-state index is 13.2. The fraction of sp³-hybridized carbons (Fsp3) is 0.455. The minimum atomic E-state index is -9.77. The Morgan fingerprint density at radius 3 is 2.30 bits per heavy atom. The Morgan fingerprint density at radius 2 is 1.76 bits per heavy atom. The largest absolute Gasteiger partial charge is 0.359 e. The molecule has 11 heteroatoms. The van der Waals surface area contributed by atoms with Gasteiger partial charge in [-0.15, -0.1) is 0 Å². The van der Waals surface area contributed by atoms with E-state index in [-0.39, 0.29) is 17.6 Å². The van der Waals surface area contributed by atoms with Crippen LogP contribution in [0, 0.1) is 0 Å². The zero-order chi connectivity index (χ0) is 24.3. The number of nitrogens with zero attached hydrogens (tertiary/aromatic N) is 2. The third kappa shape index (κ3) is 6.80. The van der Waals surface area contributed by atoms with E-state index in [0.29, 0.717) is 30.3 Å². The second-order valence-electron chi connectivity index (χ2n) is 8.56. The van der Waals surface area contributed by atoms with Crippen molar-refractivity contribution in [1.82, 2.24) is 15.6 Å². The maximum Gasteiger partial charge on any atom is 0.310 e. The van der Waals surface area contributed by atoms with Crippen LogP contribution in [0.15, 0.2) is 53.7 Å². The van der Waals surface area contributed by atoms with E-state index in [1.807, 2.05) is 6.92 Å². The lowest BCUT2D eigenvalue weighted by atomic mass is 10.1. The Balaban J connectivity index is 1.78. The average Bonchev–Trinajstić information content (AvgIpc) is 3.25. The van der Waals surface area contributed by atoms with Gasteiger partial charge in [-0.2, -0.15) is 0 Å². The third-order valence-electron chi connectivity index (χ3n) is 5.78. The second-order valence-corrected chi connectivity index (χ2v) is 11.0. The molecule has 3 rings (SSSR count). The van der Waals surface area contributed by atoms with Crippen molar-refractivity contribution < 1.29 is 24.2 Å². The van der Waals surface area contributed by atoms with Gasteiger partial charge in [-0.1, -0.05) is 38.3 Å². The van der Waals surface area contributed by atoms with Crippen LogP contribution in [0.1, 0.15) is 44.2 Å². The van der Waals surface area contributed by atoms with Gasteiger partial charge in [0.2, 0.25) is 5.91 Å². The number of anilines is 1. The van der Waals surface area contributed by atoms with Crippen LogP contribution in [0.3, 0.4) is 0 Å². The van der Waals surface area contributed by atoms with Crippen molar-refractivity contribution in [2.75, 3.05) is 18.5 Å². The number of rotatable bonds is 9. The third-order valence-corrected chi connectivity index (χ3v) is 6.94. The molecule has 1 aromatic heterocycles. The van der Waals surface area contributed by atoms with Gasteiger partial charge >= 0.3 is 10.2 Å². The van der Waals surface area contributed by atoms with Crippen molar-refractivity contribution >= 4 is 21.8 Å². The van der Waals surface area contributed by atoms with Crippen molar-refractivity contribution in [3.05, 3.63) is 54.4 Å². The summed E-state index contributed by atoms with van der Waals surface area (Å²) in [7, 11) is -8.25. The number of hydrogen-bond donors (Lipinski definition) is 2. The van der Waals surface area contributed by atoms with Crippen LogP contribution in [0.4, 0.5) is 25.1 Å². The Hall–Kier alpha value is -2.40. The molecular weight excluding hydrogens is 463 g/mol. The first-order chi connectivity index (χ1) is 15.2. The van der Waals surface area contributed by atoms with Gasteiger partial charge in [0.1, 0.15) is 10.9 Å². The quantitative estimate of drug-likeness (QED) is 0.425. The van der Waals surface area contributed by atoms with E-state index >= 15 is 0 Å². The Kier molecular flexibility index (Phi) is 6.69. The smallest absolute Gasteiger partial charge is 0.310 e. The highest BCUT2D eigenvalue weighted by Crippen LogP contribution is 3.02. The van der Waals surface area contributed by atoms with Gasteiger partial charge in [-0.05, 0) is 50.1 Å². The van der Waals surface area contributed by atoms with Crippen LogP contribution in [-0.2, 0) is 4.79 Å². The molecule has 2 aromatic rings. The van der Waals surface area contributed by atoms with Crippen LogP contribution in [-0.4, -0.2) is 36.6 Å². The highest BCUT2D eigenvalue weighted by molar-refractivity contribution is 8.45. The van der Waals surface area contributed by atoms with Gasteiger partial charge in [-0.3, -0.25) is 9.78 Å².